The van der Waals surface area contributed by atoms with E-state index in [1.165, 1.54) is 0 Å². The number of thioether (sulfide) groups is 1. The van der Waals surface area contributed by atoms with Gasteiger partial charge >= 0.3 is 5.51 Å². The first-order valence-corrected chi connectivity index (χ1v) is 5.83. The van der Waals surface area contributed by atoms with Gasteiger partial charge in [0, 0.05) is 18.8 Å². The molecule has 0 heterocycles. The molecule has 0 unspecified atom stereocenters. The summed E-state index contributed by atoms with van der Waals surface area (Å²) in [6.07, 6.45) is 0. The lowest BCUT2D eigenvalue weighted by molar-refractivity contribution is -0.0327. The highest BCUT2D eigenvalue weighted by Crippen LogP contribution is 2.29. The van der Waals surface area contributed by atoms with Gasteiger partial charge in [-0.25, -0.2) is 13.2 Å². The maximum Gasteiger partial charge on any atom is 0.441 e. The second kappa shape index (κ2) is 6.33. The van der Waals surface area contributed by atoms with E-state index in [4.69, 9.17) is 0 Å². The molecule has 18 heavy (non-hydrogen) atoms. The lowest BCUT2D eigenvalue weighted by Gasteiger charge is -2.07. The Hall–Kier alpha value is -0.890. The number of benzene rings is 1. The lowest BCUT2D eigenvalue weighted by atomic mass is 10.2. The summed E-state index contributed by atoms with van der Waals surface area (Å²) < 4.78 is 73.4. The van der Waals surface area contributed by atoms with Crippen LogP contribution in [0.1, 0.15) is 5.56 Å². The molecule has 1 aromatic rings. The second-order valence-electron chi connectivity index (χ2n) is 3.34. The van der Waals surface area contributed by atoms with E-state index in [9.17, 15) is 26.3 Å². The van der Waals surface area contributed by atoms with Crippen LogP contribution in [-0.4, -0.2) is 17.8 Å². The minimum Gasteiger partial charge on any atom is -0.312 e. The van der Waals surface area contributed by atoms with Gasteiger partial charge in [0.15, 0.2) is 17.5 Å². The van der Waals surface area contributed by atoms with Gasteiger partial charge in [0.1, 0.15) is 0 Å². The first-order chi connectivity index (χ1) is 8.29. The van der Waals surface area contributed by atoms with E-state index < -0.39 is 23.0 Å². The van der Waals surface area contributed by atoms with Crippen LogP contribution in [0.15, 0.2) is 12.1 Å². The number of hydrogen-bond acceptors (Lipinski definition) is 2. The zero-order valence-corrected chi connectivity index (χ0v) is 9.77. The van der Waals surface area contributed by atoms with Gasteiger partial charge in [0.05, 0.1) is 0 Å². The Balaban J connectivity index is 2.36. The summed E-state index contributed by atoms with van der Waals surface area (Å²) in [6.45, 7) is -0.0165. The highest BCUT2D eigenvalue weighted by molar-refractivity contribution is 8.00. The molecule has 0 aromatic heterocycles. The highest BCUT2D eigenvalue weighted by atomic mass is 32.2. The van der Waals surface area contributed by atoms with Crippen molar-refractivity contribution in [1.29, 1.82) is 0 Å². The van der Waals surface area contributed by atoms with Crippen LogP contribution in [0, 0.1) is 17.5 Å². The van der Waals surface area contributed by atoms with Gasteiger partial charge in [-0.15, -0.1) is 0 Å². The molecule has 0 atom stereocenters. The van der Waals surface area contributed by atoms with Gasteiger partial charge in [-0.05, 0) is 29.5 Å². The molecule has 102 valence electrons. The zero-order valence-electron chi connectivity index (χ0n) is 8.95. The largest absolute Gasteiger partial charge is 0.441 e. The smallest absolute Gasteiger partial charge is 0.312 e. The molecule has 0 amide bonds. The fraction of sp³-hybridized carbons (Fsp3) is 0.400. The van der Waals surface area contributed by atoms with Crippen molar-refractivity contribution < 1.29 is 26.3 Å². The third kappa shape index (κ3) is 5.18. The third-order valence-corrected chi connectivity index (χ3v) is 2.65. The van der Waals surface area contributed by atoms with E-state index in [1.54, 1.807) is 0 Å². The molecule has 1 nitrogen and oxygen atoms in total. The van der Waals surface area contributed by atoms with Crippen molar-refractivity contribution in [3.8, 4) is 0 Å². The molecule has 8 heteroatoms. The van der Waals surface area contributed by atoms with Crippen molar-refractivity contribution in [2.24, 2.45) is 0 Å². The van der Waals surface area contributed by atoms with E-state index in [0.717, 1.165) is 12.1 Å². The van der Waals surface area contributed by atoms with Gasteiger partial charge in [0.2, 0.25) is 0 Å². The molecule has 1 aromatic carbocycles. The van der Waals surface area contributed by atoms with Gasteiger partial charge in [0.25, 0.3) is 0 Å². The molecule has 1 rings (SSSR count). The predicted octanol–water partition coefficient (Wildman–Crippen LogP) is 3.45. The molecular weight excluding hydrogens is 280 g/mol. The van der Waals surface area contributed by atoms with E-state index in [0.29, 0.717) is 0 Å². The van der Waals surface area contributed by atoms with E-state index >= 15 is 0 Å². The molecule has 0 bridgehead atoms. The van der Waals surface area contributed by atoms with Crippen LogP contribution in [0.25, 0.3) is 0 Å². The second-order valence-corrected chi connectivity index (χ2v) is 4.50. The van der Waals surface area contributed by atoms with E-state index in [-0.39, 0.29) is 36.2 Å². The van der Waals surface area contributed by atoms with Crippen LogP contribution in [0.4, 0.5) is 26.3 Å². The number of nitrogens with one attached hydrogen (secondary N) is 1. The van der Waals surface area contributed by atoms with Crippen molar-refractivity contribution >= 4 is 11.8 Å². The highest BCUT2D eigenvalue weighted by Gasteiger charge is 2.27. The minimum atomic E-state index is -4.30. The van der Waals surface area contributed by atoms with Gasteiger partial charge in [-0.3, -0.25) is 0 Å². The minimum absolute atomic E-state index is 0.0186. The van der Waals surface area contributed by atoms with Crippen LogP contribution >= 0.6 is 11.8 Å². The number of rotatable bonds is 5. The molecule has 0 saturated heterocycles. The first kappa shape index (κ1) is 15.2. The SMILES string of the molecule is Fc1cc(CNCCSC(F)(F)F)cc(F)c1F. The van der Waals surface area contributed by atoms with Gasteiger partial charge in [-0.1, -0.05) is 0 Å². The summed E-state index contributed by atoms with van der Waals surface area (Å²) >= 11 is -0.193. The predicted molar refractivity (Wildman–Crippen MR) is 56.5 cm³/mol. The average molecular weight is 289 g/mol. The summed E-state index contributed by atoms with van der Waals surface area (Å²) in [6, 6.07) is 1.59. The lowest BCUT2D eigenvalue weighted by Crippen LogP contribution is -2.18. The van der Waals surface area contributed by atoms with Crippen LogP contribution in [0.3, 0.4) is 0 Å². The molecule has 0 fully saturated rings. The Morgan fingerprint density at radius 2 is 1.61 bits per heavy atom. The Morgan fingerprint density at radius 1 is 1.06 bits per heavy atom. The van der Waals surface area contributed by atoms with Crippen molar-refractivity contribution in [3.63, 3.8) is 0 Å². The quantitative estimate of drug-likeness (QED) is 0.506. The third-order valence-electron chi connectivity index (χ3n) is 1.92. The summed E-state index contributed by atoms with van der Waals surface area (Å²) in [7, 11) is 0. The van der Waals surface area contributed by atoms with Crippen molar-refractivity contribution in [3.05, 3.63) is 35.1 Å². The van der Waals surface area contributed by atoms with E-state index in [1.807, 2.05) is 0 Å². The molecule has 0 aliphatic heterocycles. The standard InChI is InChI=1S/C10H9F6NS/c11-7-3-6(4-8(12)9(7)13)5-17-1-2-18-10(14,15)16/h3-4,17H,1-2,5H2. The van der Waals surface area contributed by atoms with E-state index in [2.05, 4.69) is 5.32 Å². The first-order valence-electron chi connectivity index (χ1n) is 4.84. The average Bonchev–Trinajstić information content (AvgIpc) is 2.23. The van der Waals surface area contributed by atoms with Crippen LogP contribution in [0.2, 0.25) is 0 Å². The number of alkyl halides is 3. The number of halogens is 6. The topological polar surface area (TPSA) is 12.0 Å². The van der Waals surface area contributed by atoms with Gasteiger partial charge < -0.3 is 5.32 Å². The van der Waals surface area contributed by atoms with Crippen molar-refractivity contribution in [2.75, 3.05) is 12.3 Å². The Labute approximate surface area is 104 Å². The molecular formula is C10H9F6NS. The van der Waals surface area contributed by atoms with Gasteiger partial charge in [-0.2, -0.15) is 13.2 Å². The van der Waals surface area contributed by atoms with Crippen LogP contribution < -0.4 is 5.32 Å². The summed E-state index contributed by atoms with van der Waals surface area (Å²) in [5.41, 5.74) is -4.17. The number of hydrogen-bond donors (Lipinski definition) is 1. The molecule has 0 aliphatic carbocycles. The maximum absolute atomic E-state index is 12.8. The maximum atomic E-state index is 12.8. The normalized spacial score (nSPS) is 11.9. The van der Waals surface area contributed by atoms with Crippen molar-refractivity contribution in [2.45, 2.75) is 12.1 Å². The monoisotopic (exact) mass is 289 g/mol. The fourth-order valence-electron chi connectivity index (χ4n) is 1.18. The molecule has 0 aliphatic rings. The van der Waals surface area contributed by atoms with Crippen LogP contribution in [-0.2, 0) is 6.54 Å². The Morgan fingerprint density at radius 3 is 2.11 bits per heavy atom. The summed E-state index contributed by atoms with van der Waals surface area (Å²) in [4.78, 5) is 0. The molecule has 1 N–H and O–H groups in total. The summed E-state index contributed by atoms with van der Waals surface area (Å²) in [5, 5.41) is 2.57. The molecule has 0 spiro atoms. The fourth-order valence-corrected chi connectivity index (χ4v) is 1.66. The van der Waals surface area contributed by atoms with Crippen LogP contribution in [0.5, 0.6) is 0 Å². The Kier molecular flexibility index (Phi) is 5.33. The summed E-state index contributed by atoms with van der Waals surface area (Å²) in [5.74, 6) is -4.42. The molecule has 0 radical (unpaired) electrons. The van der Waals surface area contributed by atoms with Crippen molar-refractivity contribution in [1.82, 2.24) is 5.32 Å². The molecule has 0 saturated carbocycles. The zero-order chi connectivity index (χ0) is 13.8. The Bertz CT molecular complexity index is 383.